The molecule has 2 rings (SSSR count). The molecule has 0 spiro atoms. The number of hydrogen-bond donors (Lipinski definition) is 1. The lowest BCUT2D eigenvalue weighted by Gasteiger charge is -2.10. The van der Waals surface area contributed by atoms with Gasteiger partial charge < -0.3 is 10.1 Å². The van der Waals surface area contributed by atoms with Crippen LogP contribution in [0.3, 0.4) is 0 Å². The average molecular weight is 333 g/mol. The molecule has 1 amide bonds. The second kappa shape index (κ2) is 8.32. The normalized spacial score (nSPS) is 9.82. The van der Waals surface area contributed by atoms with E-state index in [0.717, 1.165) is 4.90 Å². The number of nitrogens with zero attached hydrogens (tertiary/aromatic N) is 1. The number of para-hydroxylation sites is 1. The largest absolute Gasteiger partial charge is 0.484 e. The van der Waals surface area contributed by atoms with E-state index in [1.54, 1.807) is 30.3 Å². The first kappa shape index (κ1) is 16.2. The Morgan fingerprint density at radius 1 is 1.27 bits per heavy atom. The molecule has 0 unspecified atom stereocenters. The van der Waals surface area contributed by atoms with Crippen LogP contribution in [0.1, 0.15) is 0 Å². The zero-order chi connectivity index (χ0) is 15.8. The van der Waals surface area contributed by atoms with Crippen LogP contribution in [0, 0.1) is 11.3 Å². The van der Waals surface area contributed by atoms with E-state index in [4.69, 9.17) is 21.6 Å². The first-order valence-electron chi connectivity index (χ1n) is 6.46. The van der Waals surface area contributed by atoms with Crippen molar-refractivity contribution in [3.63, 3.8) is 0 Å². The average Bonchev–Trinajstić information content (AvgIpc) is 2.52. The van der Waals surface area contributed by atoms with Gasteiger partial charge in [-0.2, -0.15) is 5.26 Å². The summed E-state index contributed by atoms with van der Waals surface area (Å²) in [6, 6.07) is 16.3. The Kier molecular flexibility index (Phi) is 6.13. The van der Waals surface area contributed by atoms with E-state index in [1.807, 2.05) is 18.2 Å². The third kappa shape index (κ3) is 4.99. The van der Waals surface area contributed by atoms with E-state index in [9.17, 15) is 4.79 Å². The lowest BCUT2D eigenvalue weighted by atomic mass is 10.3. The zero-order valence-electron chi connectivity index (χ0n) is 11.6. The number of rotatable bonds is 6. The van der Waals surface area contributed by atoms with Crippen molar-refractivity contribution in [2.24, 2.45) is 0 Å². The van der Waals surface area contributed by atoms with Crippen molar-refractivity contribution in [1.82, 2.24) is 0 Å². The maximum atomic E-state index is 12.0. The molecule has 112 valence electrons. The van der Waals surface area contributed by atoms with Crippen LogP contribution in [0.15, 0.2) is 53.4 Å². The molecule has 2 aromatic rings. The number of anilines is 1. The monoisotopic (exact) mass is 332 g/mol. The zero-order valence-corrected chi connectivity index (χ0v) is 13.2. The number of nitrogens with one attached hydrogen (secondary N) is 1. The number of halogens is 1. The molecule has 0 aromatic heterocycles. The molecule has 0 saturated heterocycles. The van der Waals surface area contributed by atoms with Gasteiger partial charge >= 0.3 is 0 Å². The highest BCUT2D eigenvalue weighted by Crippen LogP contribution is 2.26. The fourth-order valence-electron chi connectivity index (χ4n) is 1.70. The summed E-state index contributed by atoms with van der Waals surface area (Å²) in [6.07, 6.45) is 0. The molecule has 0 bridgehead atoms. The molecule has 0 atom stereocenters. The van der Waals surface area contributed by atoms with Gasteiger partial charge in [0.25, 0.3) is 5.91 Å². The number of carbonyl (C=O) groups is 1. The van der Waals surface area contributed by atoms with Crippen LogP contribution < -0.4 is 10.1 Å². The topological polar surface area (TPSA) is 62.1 Å². The van der Waals surface area contributed by atoms with Crippen molar-refractivity contribution < 1.29 is 9.53 Å². The van der Waals surface area contributed by atoms with Gasteiger partial charge in [0.15, 0.2) is 6.61 Å². The molecular weight excluding hydrogens is 320 g/mol. The Hall–Kier alpha value is -2.16. The van der Waals surface area contributed by atoms with Crippen molar-refractivity contribution in [3.05, 3.63) is 53.6 Å². The van der Waals surface area contributed by atoms with Crippen LogP contribution >= 0.6 is 23.4 Å². The van der Waals surface area contributed by atoms with Gasteiger partial charge in [0.1, 0.15) is 5.75 Å². The number of nitriles is 1. The Balaban J connectivity index is 1.93. The summed E-state index contributed by atoms with van der Waals surface area (Å²) in [7, 11) is 0. The molecule has 0 aliphatic rings. The Labute approximate surface area is 138 Å². The SMILES string of the molecule is N#CCSc1ccccc1NC(=O)COc1cccc(Cl)c1. The minimum atomic E-state index is -0.273. The minimum absolute atomic E-state index is 0.113. The minimum Gasteiger partial charge on any atom is -0.484 e. The molecule has 1 N–H and O–H groups in total. The molecule has 0 radical (unpaired) electrons. The third-order valence-electron chi connectivity index (χ3n) is 2.62. The Morgan fingerprint density at radius 3 is 2.86 bits per heavy atom. The van der Waals surface area contributed by atoms with Gasteiger partial charge in [0, 0.05) is 9.92 Å². The van der Waals surface area contributed by atoms with Crippen molar-refractivity contribution in [1.29, 1.82) is 5.26 Å². The standard InChI is InChI=1S/C16H13ClN2O2S/c17-12-4-3-5-13(10-12)21-11-16(20)19-14-6-1-2-7-15(14)22-9-8-18/h1-7,10H,9,11H2,(H,19,20). The van der Waals surface area contributed by atoms with Crippen LogP contribution in [-0.2, 0) is 4.79 Å². The van der Waals surface area contributed by atoms with Crippen LogP contribution in [0.4, 0.5) is 5.69 Å². The number of amides is 1. The van der Waals surface area contributed by atoms with E-state index >= 15 is 0 Å². The van der Waals surface area contributed by atoms with E-state index in [-0.39, 0.29) is 12.5 Å². The Morgan fingerprint density at radius 2 is 2.09 bits per heavy atom. The van der Waals surface area contributed by atoms with Crippen molar-refractivity contribution >= 4 is 35.0 Å². The maximum Gasteiger partial charge on any atom is 0.262 e. The highest BCUT2D eigenvalue weighted by atomic mass is 35.5. The van der Waals surface area contributed by atoms with Gasteiger partial charge in [0.2, 0.25) is 0 Å². The summed E-state index contributed by atoms with van der Waals surface area (Å²) >= 11 is 7.22. The molecule has 6 heteroatoms. The summed E-state index contributed by atoms with van der Waals surface area (Å²) in [5, 5.41) is 12.0. The fraction of sp³-hybridized carbons (Fsp3) is 0.125. The molecular formula is C16H13ClN2O2S. The summed E-state index contributed by atoms with van der Waals surface area (Å²) in [5.41, 5.74) is 0.669. The third-order valence-corrected chi connectivity index (χ3v) is 3.79. The van der Waals surface area contributed by atoms with Gasteiger partial charge in [-0.3, -0.25) is 4.79 Å². The first-order chi connectivity index (χ1) is 10.7. The molecule has 0 saturated carbocycles. The van der Waals surface area contributed by atoms with Gasteiger partial charge in [0.05, 0.1) is 17.5 Å². The van der Waals surface area contributed by atoms with Crippen LogP contribution in [-0.4, -0.2) is 18.3 Å². The van der Waals surface area contributed by atoms with Gasteiger partial charge in [-0.05, 0) is 30.3 Å². The highest BCUT2D eigenvalue weighted by Gasteiger charge is 2.08. The molecule has 0 fully saturated rings. The highest BCUT2D eigenvalue weighted by molar-refractivity contribution is 7.99. The molecule has 0 heterocycles. The maximum absolute atomic E-state index is 12.0. The second-order valence-corrected chi connectivity index (χ2v) is 5.69. The smallest absolute Gasteiger partial charge is 0.262 e. The number of carbonyl (C=O) groups excluding carboxylic acids is 1. The predicted octanol–water partition coefficient (Wildman–Crippen LogP) is 3.97. The number of benzene rings is 2. The van der Waals surface area contributed by atoms with Crippen LogP contribution in [0.2, 0.25) is 5.02 Å². The van der Waals surface area contributed by atoms with Gasteiger partial charge in [-0.25, -0.2) is 0 Å². The molecule has 0 aliphatic heterocycles. The number of hydrogen-bond acceptors (Lipinski definition) is 4. The van der Waals surface area contributed by atoms with Crippen molar-refractivity contribution in [2.45, 2.75) is 4.90 Å². The number of ether oxygens (including phenoxy) is 1. The summed E-state index contributed by atoms with van der Waals surface area (Å²) < 4.78 is 5.39. The quantitative estimate of drug-likeness (QED) is 0.813. The lowest BCUT2D eigenvalue weighted by molar-refractivity contribution is -0.118. The lowest BCUT2D eigenvalue weighted by Crippen LogP contribution is -2.20. The van der Waals surface area contributed by atoms with Crippen molar-refractivity contribution in [3.8, 4) is 11.8 Å². The van der Waals surface area contributed by atoms with Gasteiger partial charge in [-0.1, -0.05) is 29.8 Å². The molecule has 2 aromatic carbocycles. The fourth-order valence-corrected chi connectivity index (χ4v) is 2.55. The Bertz CT molecular complexity index is 701. The summed E-state index contributed by atoms with van der Waals surface area (Å²) in [5.74, 6) is 0.589. The van der Waals surface area contributed by atoms with E-state index < -0.39 is 0 Å². The molecule has 0 aliphatic carbocycles. The molecule has 4 nitrogen and oxygen atoms in total. The van der Waals surface area contributed by atoms with Gasteiger partial charge in [-0.15, -0.1) is 11.8 Å². The summed E-state index contributed by atoms with van der Waals surface area (Å²) in [4.78, 5) is 12.8. The van der Waals surface area contributed by atoms with Crippen LogP contribution in [0.5, 0.6) is 5.75 Å². The van der Waals surface area contributed by atoms with E-state index in [0.29, 0.717) is 22.2 Å². The first-order valence-corrected chi connectivity index (χ1v) is 7.82. The molecule has 22 heavy (non-hydrogen) atoms. The van der Waals surface area contributed by atoms with E-state index in [2.05, 4.69) is 11.4 Å². The predicted molar refractivity (Wildman–Crippen MR) is 88.4 cm³/mol. The summed E-state index contributed by atoms with van der Waals surface area (Å²) in [6.45, 7) is -0.113. The number of thioether (sulfide) groups is 1. The van der Waals surface area contributed by atoms with Crippen molar-refractivity contribution in [2.75, 3.05) is 17.7 Å². The van der Waals surface area contributed by atoms with Crippen LogP contribution in [0.25, 0.3) is 0 Å². The second-order valence-electron chi connectivity index (χ2n) is 4.24. The van der Waals surface area contributed by atoms with E-state index in [1.165, 1.54) is 11.8 Å².